The summed E-state index contributed by atoms with van der Waals surface area (Å²) in [6.45, 7) is 0. The summed E-state index contributed by atoms with van der Waals surface area (Å²) in [5.41, 5.74) is 2.49. The highest BCUT2D eigenvalue weighted by atomic mass is 79.9. The van der Waals surface area contributed by atoms with Crippen LogP contribution in [0.3, 0.4) is 0 Å². The molecule has 0 aliphatic carbocycles. The largest absolute Gasteiger partial charge is 0.280 e. The molecule has 3 rings (SSSR count). The summed E-state index contributed by atoms with van der Waals surface area (Å²) < 4.78 is 12.9. The Kier molecular flexibility index (Phi) is 6.01. The normalized spacial score (nSPS) is 15.8. The second-order valence-corrected chi connectivity index (χ2v) is 5.51. The molecular formula is C17H13BrFN3S. The molecule has 0 spiro atoms. The van der Waals surface area contributed by atoms with E-state index in [2.05, 4.69) is 10.2 Å². The number of halogens is 2. The van der Waals surface area contributed by atoms with Crippen molar-refractivity contribution in [3.8, 4) is 0 Å². The molecule has 0 atom stereocenters. The lowest BCUT2D eigenvalue weighted by molar-refractivity contribution is 0.628. The predicted molar refractivity (Wildman–Crippen MR) is 99.3 cm³/mol. The van der Waals surface area contributed by atoms with E-state index in [4.69, 9.17) is 5.41 Å². The zero-order chi connectivity index (χ0) is 15.4. The van der Waals surface area contributed by atoms with Crippen LogP contribution < -0.4 is 0 Å². The monoisotopic (exact) mass is 389 g/mol. The molecule has 1 heterocycles. The number of nitrogens with zero attached hydrogens (tertiary/aromatic N) is 2. The Morgan fingerprint density at radius 1 is 0.957 bits per heavy atom. The molecule has 0 bridgehead atoms. The smallest absolute Gasteiger partial charge is 0.181 e. The van der Waals surface area contributed by atoms with Crippen LogP contribution in [-0.4, -0.2) is 5.84 Å². The Morgan fingerprint density at radius 2 is 1.65 bits per heavy atom. The molecule has 6 heteroatoms. The molecule has 1 N–H and O–H groups in total. The van der Waals surface area contributed by atoms with E-state index in [0.29, 0.717) is 4.91 Å². The fourth-order valence-corrected chi connectivity index (χ4v) is 2.68. The van der Waals surface area contributed by atoms with Crippen molar-refractivity contribution < 1.29 is 4.39 Å². The average Bonchev–Trinajstić information content (AvgIpc) is 2.73. The zero-order valence-corrected chi connectivity index (χ0v) is 14.5. The number of nitrogens with one attached hydrogen (secondary N) is 1. The maximum Gasteiger partial charge on any atom is 0.181 e. The summed E-state index contributed by atoms with van der Waals surface area (Å²) in [5, 5.41) is 17.9. The van der Waals surface area contributed by atoms with Gasteiger partial charge in [-0.25, -0.2) is 4.39 Å². The van der Waals surface area contributed by atoms with E-state index < -0.39 is 0 Å². The molecule has 1 aliphatic heterocycles. The Morgan fingerprint density at radius 3 is 2.35 bits per heavy atom. The summed E-state index contributed by atoms with van der Waals surface area (Å²) >= 11 is 1.39. The van der Waals surface area contributed by atoms with E-state index >= 15 is 0 Å². The second kappa shape index (κ2) is 7.99. The van der Waals surface area contributed by atoms with Gasteiger partial charge in [-0.1, -0.05) is 54.2 Å². The maximum atomic E-state index is 12.9. The van der Waals surface area contributed by atoms with Gasteiger partial charge in [0.05, 0.1) is 10.6 Å². The number of hydrogen-bond acceptors (Lipinski definition) is 3. The number of hydrogen-bond donors (Lipinski definition) is 1. The van der Waals surface area contributed by atoms with E-state index in [0.717, 1.165) is 16.8 Å². The lowest BCUT2D eigenvalue weighted by Gasteiger charge is -2.00. The molecule has 0 saturated carbocycles. The van der Waals surface area contributed by atoms with Gasteiger partial charge in [-0.05, 0) is 23.8 Å². The molecule has 1 aliphatic rings. The van der Waals surface area contributed by atoms with Gasteiger partial charge in [-0.2, -0.15) is 0 Å². The van der Waals surface area contributed by atoms with E-state index in [1.807, 2.05) is 35.7 Å². The van der Waals surface area contributed by atoms with Gasteiger partial charge in [-0.15, -0.1) is 27.2 Å². The minimum Gasteiger partial charge on any atom is -0.280 e. The molecule has 0 aromatic heterocycles. The van der Waals surface area contributed by atoms with E-state index in [9.17, 15) is 4.39 Å². The van der Waals surface area contributed by atoms with Crippen LogP contribution in [0.5, 0.6) is 0 Å². The third-order valence-corrected chi connectivity index (χ3v) is 3.93. The van der Waals surface area contributed by atoms with Crippen LogP contribution in [0.15, 0.2) is 75.1 Å². The fraction of sp³-hybridized carbons (Fsp3) is 0. The van der Waals surface area contributed by atoms with Crippen molar-refractivity contribution in [3.63, 3.8) is 0 Å². The zero-order valence-electron chi connectivity index (χ0n) is 11.9. The first-order valence-electron chi connectivity index (χ1n) is 6.62. The summed E-state index contributed by atoms with van der Waals surface area (Å²) in [6.07, 6.45) is 1.80. The SMILES string of the molecule is Br.N=C1N=NC(c2ccccc2)=CS/C1=C\c1ccc(F)cc1. The first-order valence-corrected chi connectivity index (χ1v) is 7.50. The molecule has 0 saturated heterocycles. The van der Waals surface area contributed by atoms with E-state index in [-0.39, 0.29) is 28.6 Å². The van der Waals surface area contributed by atoms with Gasteiger partial charge < -0.3 is 0 Å². The summed E-state index contributed by atoms with van der Waals surface area (Å²) in [6, 6.07) is 15.8. The lowest BCUT2D eigenvalue weighted by atomic mass is 10.2. The van der Waals surface area contributed by atoms with E-state index in [1.165, 1.54) is 23.9 Å². The molecule has 0 amide bonds. The Balaban J connectivity index is 0.00000192. The molecular weight excluding hydrogens is 377 g/mol. The quantitative estimate of drug-likeness (QED) is 0.680. The summed E-state index contributed by atoms with van der Waals surface area (Å²) in [4.78, 5) is 0.668. The molecule has 2 aromatic rings. The third-order valence-electron chi connectivity index (χ3n) is 3.03. The van der Waals surface area contributed by atoms with Crippen molar-refractivity contribution in [3.05, 3.63) is 81.9 Å². The molecule has 0 radical (unpaired) electrons. The second-order valence-electron chi connectivity index (χ2n) is 4.60. The first kappa shape index (κ1) is 17.3. The van der Waals surface area contributed by atoms with Gasteiger partial charge in [0.25, 0.3) is 0 Å². The van der Waals surface area contributed by atoms with Gasteiger partial charge in [0, 0.05) is 11.0 Å². The van der Waals surface area contributed by atoms with Gasteiger partial charge >= 0.3 is 0 Å². The molecule has 0 unspecified atom stereocenters. The Hall–Kier alpha value is -2.05. The minimum absolute atomic E-state index is 0. The highest BCUT2D eigenvalue weighted by Gasteiger charge is 2.11. The van der Waals surface area contributed by atoms with Crippen LogP contribution in [0.2, 0.25) is 0 Å². The van der Waals surface area contributed by atoms with Crippen LogP contribution in [0.25, 0.3) is 11.8 Å². The van der Waals surface area contributed by atoms with Gasteiger partial charge in [0.15, 0.2) is 5.84 Å². The predicted octanol–water partition coefficient (Wildman–Crippen LogP) is 5.92. The third kappa shape index (κ3) is 4.46. The van der Waals surface area contributed by atoms with Gasteiger partial charge in [0.1, 0.15) is 5.82 Å². The molecule has 3 nitrogen and oxygen atoms in total. The van der Waals surface area contributed by atoms with Crippen LogP contribution in [0, 0.1) is 11.2 Å². The summed E-state index contributed by atoms with van der Waals surface area (Å²) in [5.74, 6) is -0.187. The number of amidine groups is 1. The van der Waals surface area contributed by atoms with Crippen molar-refractivity contribution in [1.29, 1.82) is 5.41 Å². The number of benzene rings is 2. The highest BCUT2D eigenvalue weighted by Crippen LogP contribution is 2.30. The molecule has 23 heavy (non-hydrogen) atoms. The number of rotatable bonds is 2. The topological polar surface area (TPSA) is 48.6 Å². The molecule has 0 fully saturated rings. The molecule has 2 aromatic carbocycles. The maximum absolute atomic E-state index is 12.9. The first-order chi connectivity index (χ1) is 10.7. The average molecular weight is 390 g/mol. The lowest BCUT2D eigenvalue weighted by Crippen LogP contribution is -1.91. The Bertz CT molecular complexity index is 783. The van der Waals surface area contributed by atoms with Crippen molar-refractivity contribution in [2.24, 2.45) is 10.2 Å². The van der Waals surface area contributed by atoms with E-state index in [1.54, 1.807) is 18.2 Å². The van der Waals surface area contributed by atoms with Crippen LogP contribution in [0.1, 0.15) is 11.1 Å². The highest BCUT2D eigenvalue weighted by molar-refractivity contribution is 8.93. The van der Waals surface area contributed by atoms with Crippen molar-refractivity contribution in [2.75, 3.05) is 0 Å². The number of azo groups is 1. The molecule has 116 valence electrons. The van der Waals surface area contributed by atoms with Crippen LogP contribution in [-0.2, 0) is 0 Å². The van der Waals surface area contributed by atoms with Gasteiger partial charge in [0.2, 0.25) is 0 Å². The van der Waals surface area contributed by atoms with Crippen LogP contribution >= 0.6 is 28.7 Å². The van der Waals surface area contributed by atoms with Crippen molar-refractivity contribution in [1.82, 2.24) is 0 Å². The Labute approximate surface area is 148 Å². The van der Waals surface area contributed by atoms with Gasteiger partial charge in [-0.3, -0.25) is 5.41 Å². The van der Waals surface area contributed by atoms with Crippen LogP contribution in [0.4, 0.5) is 4.39 Å². The minimum atomic E-state index is -0.281. The number of thioether (sulfide) groups is 1. The fourth-order valence-electron chi connectivity index (χ4n) is 1.90. The van der Waals surface area contributed by atoms with Crippen molar-refractivity contribution in [2.45, 2.75) is 0 Å². The van der Waals surface area contributed by atoms with Crippen molar-refractivity contribution >= 4 is 46.4 Å². The standard InChI is InChI=1S/C17H12FN3S.BrH/c18-14-8-6-12(7-9-14)10-16-17(19)21-20-15(11-22-16)13-4-2-1-3-5-13;/h1-11,19H;1H/b16-10-,19-17?;. The summed E-state index contributed by atoms with van der Waals surface area (Å²) in [7, 11) is 0.